The lowest BCUT2D eigenvalue weighted by molar-refractivity contribution is -0.163. The number of nitrogens with one attached hydrogen (secondary N) is 1. The average molecular weight is 282 g/mol. The summed E-state index contributed by atoms with van der Waals surface area (Å²) in [6.45, 7) is 1.77. The molecule has 3 fully saturated rings. The summed E-state index contributed by atoms with van der Waals surface area (Å²) in [6, 6.07) is 0. The van der Waals surface area contributed by atoms with Crippen LogP contribution in [0.15, 0.2) is 0 Å². The van der Waals surface area contributed by atoms with E-state index >= 15 is 0 Å². The van der Waals surface area contributed by atoms with Crippen LogP contribution in [-0.2, 0) is 9.59 Å². The van der Waals surface area contributed by atoms with Gasteiger partial charge in [-0.15, -0.1) is 0 Å². The molecule has 1 unspecified atom stereocenters. The summed E-state index contributed by atoms with van der Waals surface area (Å²) in [5.41, 5.74) is -1.46. The third-order valence-corrected chi connectivity index (χ3v) is 5.37. The van der Waals surface area contributed by atoms with Gasteiger partial charge in [-0.05, 0) is 44.9 Å². The highest BCUT2D eigenvalue weighted by Crippen LogP contribution is 2.47. The van der Waals surface area contributed by atoms with E-state index in [9.17, 15) is 14.0 Å². The van der Waals surface area contributed by atoms with Crippen molar-refractivity contribution in [1.29, 1.82) is 0 Å². The topological polar surface area (TPSA) is 49.4 Å². The first kappa shape index (κ1) is 13.8. The van der Waals surface area contributed by atoms with Crippen LogP contribution in [0.4, 0.5) is 4.39 Å². The van der Waals surface area contributed by atoms with Crippen molar-refractivity contribution in [3.63, 3.8) is 0 Å². The summed E-state index contributed by atoms with van der Waals surface area (Å²) < 4.78 is 12.6. The molecule has 112 valence electrons. The van der Waals surface area contributed by atoms with Gasteiger partial charge in [0.05, 0.1) is 6.67 Å². The van der Waals surface area contributed by atoms with E-state index in [1.807, 2.05) is 6.92 Å². The normalized spacial score (nSPS) is 32.8. The second-order valence-electron chi connectivity index (χ2n) is 6.66. The van der Waals surface area contributed by atoms with Gasteiger partial charge >= 0.3 is 0 Å². The van der Waals surface area contributed by atoms with Gasteiger partial charge in [-0.1, -0.05) is 12.8 Å². The predicted octanol–water partition coefficient (Wildman–Crippen LogP) is 1.79. The van der Waals surface area contributed by atoms with E-state index in [0.717, 1.165) is 38.5 Å². The van der Waals surface area contributed by atoms with E-state index in [4.69, 9.17) is 0 Å². The molecule has 20 heavy (non-hydrogen) atoms. The first-order valence-corrected chi connectivity index (χ1v) is 7.75. The summed E-state index contributed by atoms with van der Waals surface area (Å²) in [5.74, 6) is 0.239. The van der Waals surface area contributed by atoms with Crippen LogP contribution < -0.4 is 5.32 Å². The number of halogens is 1. The third kappa shape index (κ3) is 1.85. The zero-order valence-electron chi connectivity index (χ0n) is 12.1. The predicted molar refractivity (Wildman–Crippen MR) is 72.8 cm³/mol. The van der Waals surface area contributed by atoms with Crippen molar-refractivity contribution in [1.82, 2.24) is 10.2 Å². The Morgan fingerprint density at radius 2 is 1.95 bits per heavy atom. The Morgan fingerprint density at radius 1 is 1.30 bits per heavy atom. The molecule has 1 atom stereocenters. The van der Waals surface area contributed by atoms with Gasteiger partial charge in [0.2, 0.25) is 11.8 Å². The van der Waals surface area contributed by atoms with Gasteiger partial charge in [0.25, 0.3) is 0 Å². The highest BCUT2D eigenvalue weighted by molar-refractivity contribution is 6.02. The van der Waals surface area contributed by atoms with Crippen molar-refractivity contribution < 1.29 is 14.0 Å². The molecule has 1 saturated heterocycles. The number of nitrogens with zero attached hydrogens (tertiary/aromatic N) is 1. The number of carbonyl (C=O) groups excluding carboxylic acids is 2. The molecule has 0 radical (unpaired) electrons. The Hall–Kier alpha value is -1.13. The van der Waals surface area contributed by atoms with Crippen LogP contribution in [0.5, 0.6) is 0 Å². The Kier molecular flexibility index (Phi) is 3.26. The van der Waals surface area contributed by atoms with Crippen LogP contribution in [0.2, 0.25) is 0 Å². The minimum atomic E-state index is -0.764. The largest absolute Gasteiger partial charge is 0.340 e. The lowest BCUT2D eigenvalue weighted by Crippen LogP contribution is -2.75. The zero-order chi connectivity index (χ0) is 14.4. The molecule has 0 aromatic rings. The summed E-state index contributed by atoms with van der Waals surface area (Å²) in [4.78, 5) is 27.3. The van der Waals surface area contributed by atoms with Gasteiger partial charge in [-0.2, -0.15) is 0 Å². The van der Waals surface area contributed by atoms with E-state index in [1.165, 1.54) is 0 Å². The van der Waals surface area contributed by atoms with E-state index in [2.05, 4.69) is 5.32 Å². The van der Waals surface area contributed by atoms with E-state index < -0.39 is 17.8 Å². The van der Waals surface area contributed by atoms with Gasteiger partial charge < -0.3 is 10.2 Å². The lowest BCUT2D eigenvalue weighted by atomic mass is 9.82. The minimum absolute atomic E-state index is 0.0254. The smallest absolute Gasteiger partial charge is 0.249 e. The molecule has 2 amide bonds. The molecule has 3 rings (SSSR count). The summed E-state index contributed by atoms with van der Waals surface area (Å²) in [7, 11) is 0. The second-order valence-corrected chi connectivity index (χ2v) is 6.66. The fourth-order valence-corrected chi connectivity index (χ4v) is 3.91. The Bertz CT molecular complexity index is 430. The van der Waals surface area contributed by atoms with Crippen molar-refractivity contribution in [2.24, 2.45) is 5.92 Å². The number of rotatable bonds is 4. The maximum Gasteiger partial charge on any atom is 0.249 e. The van der Waals surface area contributed by atoms with Gasteiger partial charge in [0.1, 0.15) is 11.1 Å². The quantitative estimate of drug-likeness (QED) is 0.854. The molecule has 1 spiro atoms. The van der Waals surface area contributed by atoms with Crippen LogP contribution in [0, 0.1) is 5.92 Å². The Morgan fingerprint density at radius 3 is 2.50 bits per heavy atom. The van der Waals surface area contributed by atoms with E-state index in [-0.39, 0.29) is 17.7 Å². The van der Waals surface area contributed by atoms with E-state index in [0.29, 0.717) is 13.0 Å². The van der Waals surface area contributed by atoms with Gasteiger partial charge in [0.15, 0.2) is 0 Å². The first-order chi connectivity index (χ1) is 9.54. The number of amides is 2. The fraction of sp³-hybridized carbons (Fsp3) is 0.867. The zero-order valence-corrected chi connectivity index (χ0v) is 12.1. The van der Waals surface area contributed by atoms with E-state index in [1.54, 1.807) is 4.90 Å². The molecule has 3 aliphatic rings. The first-order valence-electron chi connectivity index (χ1n) is 7.75. The summed E-state index contributed by atoms with van der Waals surface area (Å²) in [5, 5.41) is 3.04. The summed E-state index contributed by atoms with van der Waals surface area (Å²) >= 11 is 0. The molecule has 1 aliphatic heterocycles. The minimum Gasteiger partial charge on any atom is -0.340 e. The maximum absolute atomic E-state index is 12.9. The van der Waals surface area contributed by atoms with Crippen molar-refractivity contribution in [3.8, 4) is 0 Å². The van der Waals surface area contributed by atoms with Crippen molar-refractivity contribution in [2.45, 2.75) is 62.9 Å². The van der Waals surface area contributed by atoms with Crippen molar-refractivity contribution >= 4 is 11.8 Å². The average Bonchev–Trinajstić information content (AvgIpc) is 3.18. The molecule has 5 heteroatoms. The van der Waals surface area contributed by atoms with Gasteiger partial charge in [0, 0.05) is 6.54 Å². The third-order valence-electron chi connectivity index (χ3n) is 5.37. The number of alkyl halides is 1. The molecule has 1 N–H and O–H groups in total. The Labute approximate surface area is 119 Å². The SMILES string of the molecule is CC1(C2CC2)C(=O)NC2(CCCC2)C(=O)N1CCCF. The second kappa shape index (κ2) is 4.71. The van der Waals surface area contributed by atoms with Gasteiger partial charge in [-0.25, -0.2) is 0 Å². The number of hydrogen-bond acceptors (Lipinski definition) is 2. The van der Waals surface area contributed by atoms with Crippen LogP contribution in [0.1, 0.15) is 51.9 Å². The van der Waals surface area contributed by atoms with Crippen LogP contribution in [0.3, 0.4) is 0 Å². The number of carbonyl (C=O) groups is 2. The molecule has 2 aliphatic carbocycles. The Balaban J connectivity index is 1.92. The standard InChI is InChI=1S/C15H23FN2O2/c1-14(11-5-6-11)12(19)17-15(7-2-3-8-15)13(20)18(14)10-4-9-16/h11H,2-10H2,1H3,(H,17,19). The van der Waals surface area contributed by atoms with Gasteiger partial charge in [-0.3, -0.25) is 14.0 Å². The van der Waals surface area contributed by atoms with Crippen molar-refractivity contribution in [2.75, 3.05) is 13.2 Å². The molecule has 0 bridgehead atoms. The fourth-order valence-electron chi connectivity index (χ4n) is 3.91. The molecule has 0 aromatic heterocycles. The van der Waals surface area contributed by atoms with Crippen LogP contribution in [0.25, 0.3) is 0 Å². The van der Waals surface area contributed by atoms with Crippen molar-refractivity contribution in [3.05, 3.63) is 0 Å². The molecular formula is C15H23FN2O2. The lowest BCUT2D eigenvalue weighted by Gasteiger charge is -2.50. The van der Waals surface area contributed by atoms with Crippen LogP contribution in [-0.4, -0.2) is 41.0 Å². The monoisotopic (exact) mass is 282 g/mol. The highest BCUT2D eigenvalue weighted by atomic mass is 19.1. The van der Waals surface area contributed by atoms with Crippen LogP contribution >= 0.6 is 0 Å². The molecule has 1 heterocycles. The number of piperazine rings is 1. The molecule has 4 nitrogen and oxygen atoms in total. The maximum atomic E-state index is 12.9. The molecule has 0 aromatic carbocycles. The highest BCUT2D eigenvalue weighted by Gasteiger charge is 2.61. The summed E-state index contributed by atoms with van der Waals surface area (Å²) in [6.07, 6.45) is 5.69. The number of hydrogen-bond donors (Lipinski definition) is 1. The molecule has 2 saturated carbocycles. The molecular weight excluding hydrogens is 259 g/mol.